The molecule has 0 fully saturated rings. The molecule has 0 saturated heterocycles. The van der Waals surface area contributed by atoms with Crippen LogP contribution in [0.15, 0.2) is 36.4 Å². The average Bonchev–Trinajstić information content (AvgIpc) is 2.38. The lowest BCUT2D eigenvalue weighted by atomic mass is 9.95. The molecule has 3 nitrogen and oxygen atoms in total. The summed E-state index contributed by atoms with van der Waals surface area (Å²) < 4.78 is 32.1. The highest BCUT2D eigenvalue weighted by molar-refractivity contribution is 5.39. The standard InChI is InChI=1S/C15H12F2O3/c16-9-1-2-14-12(6-9)13(19)7-15(20-14)8-3-10(17)5-11(18)4-8/h1-6,13,15,18-19H,7H2/t13-,15?/m1/s1. The molecule has 0 radical (unpaired) electrons. The van der Waals surface area contributed by atoms with E-state index < -0.39 is 23.8 Å². The van der Waals surface area contributed by atoms with E-state index in [-0.39, 0.29) is 12.2 Å². The van der Waals surface area contributed by atoms with Crippen LogP contribution in [0.3, 0.4) is 0 Å². The number of aromatic hydroxyl groups is 1. The van der Waals surface area contributed by atoms with Gasteiger partial charge in [-0.25, -0.2) is 8.78 Å². The van der Waals surface area contributed by atoms with Gasteiger partial charge in [0.1, 0.15) is 29.2 Å². The molecule has 3 rings (SSSR count). The number of rotatable bonds is 1. The van der Waals surface area contributed by atoms with Crippen molar-refractivity contribution < 1.29 is 23.7 Å². The summed E-state index contributed by atoms with van der Waals surface area (Å²) in [6.45, 7) is 0. The molecular formula is C15H12F2O3. The fraction of sp³-hybridized carbons (Fsp3) is 0.200. The second-order valence-electron chi connectivity index (χ2n) is 4.78. The second kappa shape index (κ2) is 4.76. The molecule has 5 heteroatoms. The largest absolute Gasteiger partial charge is 0.508 e. The summed E-state index contributed by atoms with van der Waals surface area (Å²) in [4.78, 5) is 0. The Balaban J connectivity index is 1.96. The van der Waals surface area contributed by atoms with Crippen molar-refractivity contribution in [2.45, 2.75) is 18.6 Å². The van der Waals surface area contributed by atoms with E-state index in [9.17, 15) is 19.0 Å². The third kappa shape index (κ3) is 2.32. The molecule has 2 aromatic rings. The van der Waals surface area contributed by atoms with Crippen molar-refractivity contribution in [1.29, 1.82) is 0 Å². The van der Waals surface area contributed by atoms with Crippen molar-refractivity contribution in [2.24, 2.45) is 0 Å². The maximum absolute atomic E-state index is 13.3. The van der Waals surface area contributed by atoms with Gasteiger partial charge in [0.15, 0.2) is 0 Å². The molecule has 1 aliphatic rings. The molecule has 0 amide bonds. The molecule has 0 aliphatic carbocycles. The van der Waals surface area contributed by atoms with Gasteiger partial charge < -0.3 is 14.9 Å². The fourth-order valence-electron chi connectivity index (χ4n) is 2.40. The Labute approximate surface area is 114 Å². The first kappa shape index (κ1) is 12.9. The van der Waals surface area contributed by atoms with Crippen LogP contribution in [0.5, 0.6) is 11.5 Å². The van der Waals surface area contributed by atoms with E-state index in [1.54, 1.807) is 0 Å². The molecule has 0 aromatic heterocycles. The Bertz CT molecular complexity index is 637. The number of ether oxygens (including phenoxy) is 1. The molecule has 0 saturated carbocycles. The van der Waals surface area contributed by atoms with Crippen LogP contribution in [-0.4, -0.2) is 10.2 Å². The third-order valence-corrected chi connectivity index (χ3v) is 3.31. The van der Waals surface area contributed by atoms with Gasteiger partial charge in [-0.15, -0.1) is 0 Å². The number of aliphatic hydroxyl groups excluding tert-OH is 1. The van der Waals surface area contributed by atoms with E-state index >= 15 is 0 Å². The number of benzene rings is 2. The quantitative estimate of drug-likeness (QED) is 0.842. The van der Waals surface area contributed by atoms with Crippen LogP contribution in [0.4, 0.5) is 8.78 Å². The van der Waals surface area contributed by atoms with Gasteiger partial charge in [-0.3, -0.25) is 0 Å². The Morgan fingerprint density at radius 3 is 2.60 bits per heavy atom. The van der Waals surface area contributed by atoms with Gasteiger partial charge in [0.25, 0.3) is 0 Å². The average molecular weight is 278 g/mol. The van der Waals surface area contributed by atoms with Crippen LogP contribution in [-0.2, 0) is 0 Å². The molecule has 0 bridgehead atoms. The monoisotopic (exact) mass is 278 g/mol. The summed E-state index contributed by atoms with van der Waals surface area (Å²) in [6, 6.07) is 7.50. The summed E-state index contributed by atoms with van der Waals surface area (Å²) in [5.74, 6) is -0.877. The first-order valence-corrected chi connectivity index (χ1v) is 6.16. The van der Waals surface area contributed by atoms with E-state index in [2.05, 4.69) is 0 Å². The van der Waals surface area contributed by atoms with E-state index in [0.717, 1.165) is 6.07 Å². The summed E-state index contributed by atoms with van der Waals surface area (Å²) in [5.41, 5.74) is 0.804. The molecular weight excluding hydrogens is 266 g/mol. The van der Waals surface area contributed by atoms with Crippen LogP contribution < -0.4 is 4.74 Å². The minimum absolute atomic E-state index is 0.166. The smallest absolute Gasteiger partial charge is 0.127 e. The Morgan fingerprint density at radius 2 is 1.85 bits per heavy atom. The van der Waals surface area contributed by atoms with Gasteiger partial charge in [-0.2, -0.15) is 0 Å². The predicted octanol–water partition coefficient (Wildman–Crippen LogP) is 3.23. The maximum atomic E-state index is 13.3. The van der Waals surface area contributed by atoms with E-state index in [4.69, 9.17) is 4.74 Å². The topological polar surface area (TPSA) is 49.7 Å². The summed E-state index contributed by atoms with van der Waals surface area (Å²) in [5, 5.41) is 19.5. The molecule has 1 unspecified atom stereocenters. The van der Waals surface area contributed by atoms with Crippen LogP contribution >= 0.6 is 0 Å². The summed E-state index contributed by atoms with van der Waals surface area (Å²) in [7, 11) is 0. The first-order valence-electron chi connectivity index (χ1n) is 6.16. The van der Waals surface area contributed by atoms with Gasteiger partial charge in [-0.1, -0.05) is 0 Å². The van der Waals surface area contributed by atoms with Crippen LogP contribution in [0.25, 0.3) is 0 Å². The van der Waals surface area contributed by atoms with Crippen molar-refractivity contribution in [3.63, 3.8) is 0 Å². The van der Waals surface area contributed by atoms with Gasteiger partial charge in [-0.05, 0) is 35.9 Å². The number of fused-ring (bicyclic) bond motifs is 1. The SMILES string of the molecule is Oc1cc(F)cc(C2C[C@@H](O)c3cc(F)ccc3O2)c1. The predicted molar refractivity (Wildman–Crippen MR) is 67.4 cm³/mol. The van der Waals surface area contributed by atoms with E-state index in [0.29, 0.717) is 16.9 Å². The lowest BCUT2D eigenvalue weighted by Crippen LogP contribution is -2.19. The molecule has 0 spiro atoms. The third-order valence-electron chi connectivity index (χ3n) is 3.31. The molecule has 2 atom stereocenters. The number of hydrogen-bond donors (Lipinski definition) is 2. The van der Waals surface area contributed by atoms with Crippen molar-refractivity contribution >= 4 is 0 Å². The zero-order valence-electron chi connectivity index (χ0n) is 10.4. The molecule has 104 valence electrons. The number of hydrogen-bond acceptors (Lipinski definition) is 3. The highest BCUT2D eigenvalue weighted by Gasteiger charge is 2.28. The van der Waals surface area contributed by atoms with Crippen LogP contribution in [0.1, 0.15) is 29.8 Å². The lowest BCUT2D eigenvalue weighted by molar-refractivity contribution is 0.0650. The Kier molecular flexibility index (Phi) is 3.06. The number of halogens is 2. The molecule has 1 aliphatic heterocycles. The second-order valence-corrected chi connectivity index (χ2v) is 4.78. The van der Waals surface area contributed by atoms with E-state index in [1.165, 1.54) is 30.3 Å². The fourth-order valence-corrected chi connectivity index (χ4v) is 2.40. The van der Waals surface area contributed by atoms with Crippen LogP contribution in [0.2, 0.25) is 0 Å². The lowest BCUT2D eigenvalue weighted by Gasteiger charge is -2.30. The highest BCUT2D eigenvalue weighted by Crippen LogP contribution is 2.41. The van der Waals surface area contributed by atoms with Gasteiger partial charge >= 0.3 is 0 Å². The van der Waals surface area contributed by atoms with Crippen molar-refractivity contribution in [2.75, 3.05) is 0 Å². The molecule has 2 N–H and O–H groups in total. The van der Waals surface area contributed by atoms with Gasteiger partial charge in [0, 0.05) is 18.1 Å². The van der Waals surface area contributed by atoms with Crippen molar-refractivity contribution in [3.8, 4) is 11.5 Å². The van der Waals surface area contributed by atoms with E-state index in [1.807, 2.05) is 0 Å². The number of phenols is 1. The van der Waals surface area contributed by atoms with Gasteiger partial charge in [0.2, 0.25) is 0 Å². The normalized spacial score (nSPS) is 21.1. The van der Waals surface area contributed by atoms with Crippen LogP contribution in [0, 0.1) is 11.6 Å². The zero-order chi connectivity index (χ0) is 14.3. The molecule has 1 heterocycles. The summed E-state index contributed by atoms with van der Waals surface area (Å²) in [6.07, 6.45) is -1.33. The molecule has 20 heavy (non-hydrogen) atoms. The zero-order valence-corrected chi connectivity index (χ0v) is 10.4. The Morgan fingerprint density at radius 1 is 1.05 bits per heavy atom. The van der Waals surface area contributed by atoms with Gasteiger partial charge in [0.05, 0.1) is 6.10 Å². The number of phenolic OH excluding ortho intramolecular Hbond substituents is 1. The highest BCUT2D eigenvalue weighted by atomic mass is 19.1. The van der Waals surface area contributed by atoms with Crippen molar-refractivity contribution in [3.05, 3.63) is 59.2 Å². The Hall–Kier alpha value is -2.14. The number of aliphatic hydroxyl groups is 1. The maximum Gasteiger partial charge on any atom is 0.127 e. The minimum Gasteiger partial charge on any atom is -0.508 e. The summed E-state index contributed by atoms with van der Waals surface area (Å²) >= 11 is 0. The molecule has 2 aromatic carbocycles. The first-order chi connectivity index (χ1) is 9.52. The minimum atomic E-state index is -0.898. The van der Waals surface area contributed by atoms with Crippen molar-refractivity contribution in [1.82, 2.24) is 0 Å².